The molecule has 1 aliphatic rings. The van der Waals surface area contributed by atoms with Gasteiger partial charge in [-0.25, -0.2) is 0 Å². The minimum atomic E-state index is -5.84. The van der Waals surface area contributed by atoms with Gasteiger partial charge in [0.1, 0.15) is 5.75 Å². The summed E-state index contributed by atoms with van der Waals surface area (Å²) in [4.78, 5) is 6.06. The molecule has 10 heteroatoms. The lowest BCUT2D eigenvalue weighted by Gasteiger charge is -2.31. The number of fused-ring (bicyclic) bond motifs is 1. The van der Waals surface area contributed by atoms with E-state index in [0.717, 1.165) is 12.4 Å². The molecular formula is C20H29F3N2O4S. The zero-order valence-electron chi connectivity index (χ0n) is 17.2. The second-order valence-corrected chi connectivity index (χ2v) is 8.69. The van der Waals surface area contributed by atoms with Crippen LogP contribution in [0.1, 0.15) is 51.0 Å². The van der Waals surface area contributed by atoms with Crippen LogP contribution in [0.2, 0.25) is 0 Å². The molecule has 1 aromatic carbocycles. The summed E-state index contributed by atoms with van der Waals surface area (Å²) in [6.07, 6.45) is 7.38. The van der Waals surface area contributed by atoms with Gasteiger partial charge in [-0.15, -0.1) is 0 Å². The molecule has 0 saturated carbocycles. The predicted molar refractivity (Wildman–Crippen MR) is 110 cm³/mol. The van der Waals surface area contributed by atoms with Crippen LogP contribution >= 0.6 is 0 Å². The van der Waals surface area contributed by atoms with Crippen LogP contribution in [0.25, 0.3) is 10.9 Å². The Balaban J connectivity index is 0.000000343. The van der Waals surface area contributed by atoms with E-state index in [9.17, 15) is 13.2 Å². The summed E-state index contributed by atoms with van der Waals surface area (Å²) >= 11 is 0. The van der Waals surface area contributed by atoms with Crippen LogP contribution in [0.15, 0.2) is 24.4 Å². The molecule has 30 heavy (non-hydrogen) atoms. The molecule has 0 aliphatic carbocycles. The minimum Gasteiger partial charge on any atom is -0.494 e. The largest absolute Gasteiger partial charge is 0.522 e. The van der Waals surface area contributed by atoms with Crippen LogP contribution in [0.5, 0.6) is 5.75 Å². The number of alkyl halides is 3. The molecule has 2 heterocycles. The third-order valence-electron chi connectivity index (χ3n) is 5.14. The number of likely N-dealkylation sites (tertiary alicyclic amines) is 1. The van der Waals surface area contributed by atoms with Crippen LogP contribution < -0.4 is 4.74 Å². The molecule has 0 radical (unpaired) electrons. The van der Waals surface area contributed by atoms with Gasteiger partial charge in [-0.3, -0.25) is 4.55 Å². The highest BCUT2D eigenvalue weighted by atomic mass is 32.2. The molecule has 2 aromatic rings. The molecule has 0 amide bonds. The van der Waals surface area contributed by atoms with E-state index in [2.05, 4.69) is 41.2 Å². The maximum absolute atomic E-state index is 10.7. The number of benzene rings is 1. The Morgan fingerprint density at radius 2 is 1.87 bits per heavy atom. The van der Waals surface area contributed by atoms with Gasteiger partial charge < -0.3 is 14.6 Å². The van der Waals surface area contributed by atoms with Crippen molar-refractivity contribution in [2.75, 3.05) is 26.2 Å². The molecular weight excluding hydrogens is 421 g/mol. The number of rotatable bonds is 6. The number of aromatic amines is 1. The lowest BCUT2D eigenvalue weighted by molar-refractivity contribution is -0.0510. The van der Waals surface area contributed by atoms with Gasteiger partial charge in [-0.2, -0.15) is 21.6 Å². The molecule has 1 saturated heterocycles. The van der Waals surface area contributed by atoms with E-state index in [4.69, 9.17) is 17.7 Å². The number of ether oxygens (including phenoxy) is 1. The molecule has 6 nitrogen and oxygen atoms in total. The zero-order chi connectivity index (χ0) is 22.4. The van der Waals surface area contributed by atoms with Gasteiger partial charge in [0.05, 0.1) is 6.61 Å². The first-order valence-electron chi connectivity index (χ1n) is 10.1. The van der Waals surface area contributed by atoms with Gasteiger partial charge in [0, 0.05) is 17.1 Å². The molecule has 170 valence electrons. The molecule has 2 N–H and O–H groups in total. The van der Waals surface area contributed by atoms with Crippen LogP contribution in [0, 0.1) is 0 Å². The molecule has 0 spiro atoms. The molecule has 1 aliphatic heterocycles. The molecule has 0 unspecified atom stereocenters. The first kappa shape index (κ1) is 24.5. The highest BCUT2D eigenvalue weighted by Gasteiger charge is 2.44. The number of piperidine rings is 1. The molecule has 0 bridgehead atoms. The van der Waals surface area contributed by atoms with E-state index in [1.54, 1.807) is 0 Å². The first-order chi connectivity index (χ1) is 14.1. The van der Waals surface area contributed by atoms with Crippen molar-refractivity contribution in [1.29, 1.82) is 0 Å². The smallest absolute Gasteiger partial charge is 0.494 e. The van der Waals surface area contributed by atoms with E-state index >= 15 is 0 Å². The molecule has 1 aromatic heterocycles. The average Bonchev–Trinajstić information content (AvgIpc) is 3.09. The second kappa shape index (κ2) is 10.5. The van der Waals surface area contributed by atoms with Crippen molar-refractivity contribution < 1.29 is 30.9 Å². The Kier molecular flexibility index (Phi) is 8.57. The van der Waals surface area contributed by atoms with E-state index in [1.165, 1.54) is 61.8 Å². The summed E-state index contributed by atoms with van der Waals surface area (Å²) < 4.78 is 63.2. The van der Waals surface area contributed by atoms with Crippen molar-refractivity contribution in [2.45, 2.75) is 51.0 Å². The Hall–Kier alpha value is -1.78. The quantitative estimate of drug-likeness (QED) is 0.481. The second-order valence-electron chi connectivity index (χ2n) is 7.27. The van der Waals surface area contributed by atoms with E-state index < -0.39 is 15.6 Å². The topological polar surface area (TPSA) is 82.6 Å². The van der Waals surface area contributed by atoms with Crippen molar-refractivity contribution in [2.24, 2.45) is 0 Å². The van der Waals surface area contributed by atoms with Crippen LogP contribution in [-0.2, 0) is 10.1 Å². The van der Waals surface area contributed by atoms with Gasteiger partial charge in [0.25, 0.3) is 0 Å². The summed E-state index contributed by atoms with van der Waals surface area (Å²) in [5.41, 5.74) is -2.83. The SMILES string of the molecule is CCCCN1CCC(c2c[nH]c3ccc(OCC)cc23)CC1.O=S(=O)(O)C(F)(F)F. The standard InChI is InChI=1S/C19H28N2O.CHF3O3S/c1-3-5-10-21-11-8-15(9-12-21)18-14-20-19-7-6-16(22-4-2)13-17(18)19;2-1(3,4)8(5,6)7/h6-7,13-15,20H,3-5,8-12H2,1-2H3;(H,5,6,7). The lowest BCUT2D eigenvalue weighted by Crippen LogP contribution is -2.33. The van der Waals surface area contributed by atoms with Crippen LogP contribution in [0.3, 0.4) is 0 Å². The number of H-pyrrole nitrogens is 1. The Morgan fingerprint density at radius 1 is 1.23 bits per heavy atom. The Morgan fingerprint density at radius 3 is 2.40 bits per heavy atom. The van der Waals surface area contributed by atoms with E-state index in [0.29, 0.717) is 5.92 Å². The van der Waals surface area contributed by atoms with E-state index in [1.807, 2.05) is 6.92 Å². The maximum Gasteiger partial charge on any atom is 0.522 e. The summed E-state index contributed by atoms with van der Waals surface area (Å²) in [6, 6.07) is 6.40. The van der Waals surface area contributed by atoms with Gasteiger partial charge in [-0.05, 0) is 75.5 Å². The van der Waals surface area contributed by atoms with Gasteiger partial charge in [0.2, 0.25) is 0 Å². The average molecular weight is 451 g/mol. The summed E-state index contributed by atoms with van der Waals surface area (Å²) in [5, 5.41) is 1.35. The lowest BCUT2D eigenvalue weighted by atomic mass is 9.89. The Bertz CT molecular complexity index is 904. The van der Waals surface area contributed by atoms with Gasteiger partial charge in [0.15, 0.2) is 0 Å². The molecule has 3 rings (SSSR count). The number of hydrogen-bond donors (Lipinski definition) is 2. The molecule has 1 fully saturated rings. The van der Waals surface area contributed by atoms with Crippen molar-refractivity contribution in [3.05, 3.63) is 30.0 Å². The summed E-state index contributed by atoms with van der Waals surface area (Å²) in [5.74, 6) is 1.67. The highest BCUT2D eigenvalue weighted by molar-refractivity contribution is 7.86. The van der Waals surface area contributed by atoms with Crippen molar-refractivity contribution in [1.82, 2.24) is 9.88 Å². The fourth-order valence-corrected chi connectivity index (χ4v) is 3.56. The third kappa shape index (κ3) is 6.61. The maximum atomic E-state index is 10.7. The number of nitrogens with one attached hydrogen (secondary N) is 1. The monoisotopic (exact) mass is 450 g/mol. The minimum absolute atomic E-state index is 0.684. The number of halogens is 3. The Labute approximate surface area is 175 Å². The fraction of sp³-hybridized carbons (Fsp3) is 0.600. The summed E-state index contributed by atoms with van der Waals surface area (Å²) in [6.45, 7) is 8.78. The van der Waals surface area contributed by atoms with Crippen LogP contribution in [-0.4, -0.2) is 54.6 Å². The van der Waals surface area contributed by atoms with Crippen molar-refractivity contribution in [3.63, 3.8) is 0 Å². The van der Waals surface area contributed by atoms with Gasteiger partial charge >= 0.3 is 15.6 Å². The number of hydrogen-bond acceptors (Lipinski definition) is 4. The number of unbranched alkanes of at least 4 members (excludes halogenated alkanes) is 1. The number of nitrogens with zero attached hydrogens (tertiary/aromatic N) is 1. The summed E-state index contributed by atoms with van der Waals surface area (Å²) in [7, 11) is -5.84. The van der Waals surface area contributed by atoms with Gasteiger partial charge in [-0.1, -0.05) is 13.3 Å². The predicted octanol–water partition coefficient (Wildman–Crippen LogP) is 4.94. The highest BCUT2D eigenvalue weighted by Crippen LogP contribution is 2.34. The van der Waals surface area contributed by atoms with Crippen molar-refractivity contribution >= 4 is 21.0 Å². The van der Waals surface area contributed by atoms with Crippen molar-refractivity contribution in [3.8, 4) is 5.75 Å². The zero-order valence-corrected chi connectivity index (χ0v) is 18.0. The molecule has 0 atom stereocenters. The number of aromatic nitrogens is 1. The van der Waals surface area contributed by atoms with E-state index in [-0.39, 0.29) is 0 Å². The first-order valence-corrected chi connectivity index (χ1v) is 11.5. The third-order valence-corrected chi connectivity index (χ3v) is 5.73. The fourth-order valence-electron chi connectivity index (χ4n) is 3.56. The van der Waals surface area contributed by atoms with Crippen LogP contribution in [0.4, 0.5) is 13.2 Å². The normalized spacial score (nSPS) is 16.3.